The summed E-state index contributed by atoms with van der Waals surface area (Å²) >= 11 is 0. The van der Waals surface area contributed by atoms with E-state index >= 15 is 0 Å². The largest absolute Gasteiger partial charge is 0.491 e. The second-order valence-electron chi connectivity index (χ2n) is 5.85. The fraction of sp³-hybridized carbons (Fsp3) is 0.250. The summed E-state index contributed by atoms with van der Waals surface area (Å²) in [6, 6.07) is 15.5. The molecule has 0 radical (unpaired) electrons. The van der Waals surface area contributed by atoms with Crippen LogP contribution in [0.2, 0.25) is 0 Å². The molecule has 0 aliphatic heterocycles. The SMILES string of the molecule is CC(C)Oc1ccc(C(=O)OCC(=O)Nc2ccc(CC#N)cc2)cc1. The Labute approximate surface area is 152 Å². The number of ether oxygens (including phenoxy) is 2. The Morgan fingerprint density at radius 1 is 1.08 bits per heavy atom. The number of benzene rings is 2. The van der Waals surface area contributed by atoms with Gasteiger partial charge in [0, 0.05) is 5.69 Å². The number of rotatable bonds is 7. The molecule has 0 aliphatic carbocycles. The third kappa shape index (κ3) is 5.95. The van der Waals surface area contributed by atoms with E-state index in [4.69, 9.17) is 14.7 Å². The van der Waals surface area contributed by atoms with E-state index in [-0.39, 0.29) is 12.7 Å². The van der Waals surface area contributed by atoms with Gasteiger partial charge < -0.3 is 14.8 Å². The van der Waals surface area contributed by atoms with Crippen LogP contribution in [0, 0.1) is 11.3 Å². The van der Waals surface area contributed by atoms with E-state index in [1.807, 2.05) is 13.8 Å². The van der Waals surface area contributed by atoms with Crippen LogP contribution in [-0.4, -0.2) is 24.6 Å². The summed E-state index contributed by atoms with van der Waals surface area (Å²) in [4.78, 5) is 23.9. The maximum absolute atomic E-state index is 12.0. The number of amides is 1. The number of esters is 1. The van der Waals surface area contributed by atoms with Gasteiger partial charge in [-0.1, -0.05) is 12.1 Å². The van der Waals surface area contributed by atoms with Crippen molar-refractivity contribution in [2.75, 3.05) is 11.9 Å². The molecule has 0 heterocycles. The summed E-state index contributed by atoms with van der Waals surface area (Å²) in [6.45, 7) is 3.44. The molecular formula is C20H20N2O4. The van der Waals surface area contributed by atoms with E-state index in [0.717, 1.165) is 5.56 Å². The highest BCUT2D eigenvalue weighted by atomic mass is 16.5. The monoisotopic (exact) mass is 352 g/mol. The fourth-order valence-electron chi connectivity index (χ4n) is 2.15. The smallest absolute Gasteiger partial charge is 0.338 e. The summed E-state index contributed by atoms with van der Waals surface area (Å²) in [7, 11) is 0. The predicted molar refractivity (Wildman–Crippen MR) is 96.9 cm³/mol. The van der Waals surface area contributed by atoms with Crippen LogP contribution in [0.5, 0.6) is 5.75 Å². The summed E-state index contributed by atoms with van der Waals surface area (Å²) < 4.78 is 10.5. The van der Waals surface area contributed by atoms with Crippen molar-refractivity contribution in [2.45, 2.75) is 26.4 Å². The number of hydrogen-bond acceptors (Lipinski definition) is 5. The number of nitrogens with one attached hydrogen (secondary N) is 1. The number of nitrogens with zero attached hydrogens (tertiary/aromatic N) is 1. The second kappa shape index (κ2) is 9.23. The molecule has 0 saturated heterocycles. The van der Waals surface area contributed by atoms with Crippen molar-refractivity contribution in [3.8, 4) is 11.8 Å². The van der Waals surface area contributed by atoms with Gasteiger partial charge in [-0.05, 0) is 55.8 Å². The van der Waals surface area contributed by atoms with Crippen molar-refractivity contribution in [3.05, 3.63) is 59.7 Å². The maximum Gasteiger partial charge on any atom is 0.338 e. The molecule has 1 amide bonds. The zero-order valence-electron chi connectivity index (χ0n) is 14.7. The molecule has 134 valence electrons. The Morgan fingerprint density at radius 3 is 2.31 bits per heavy atom. The number of nitriles is 1. The van der Waals surface area contributed by atoms with E-state index in [0.29, 0.717) is 23.4 Å². The third-order valence-corrected chi connectivity index (χ3v) is 3.32. The molecule has 2 aromatic rings. The molecule has 2 rings (SSSR count). The first-order chi connectivity index (χ1) is 12.5. The molecule has 2 aromatic carbocycles. The van der Waals surface area contributed by atoms with Crippen LogP contribution >= 0.6 is 0 Å². The molecule has 0 atom stereocenters. The average molecular weight is 352 g/mol. The van der Waals surface area contributed by atoms with Crippen LogP contribution in [0.1, 0.15) is 29.8 Å². The lowest BCUT2D eigenvalue weighted by molar-refractivity contribution is -0.119. The van der Waals surface area contributed by atoms with Crippen LogP contribution in [-0.2, 0) is 16.0 Å². The lowest BCUT2D eigenvalue weighted by Crippen LogP contribution is -2.20. The molecule has 0 saturated carbocycles. The highest BCUT2D eigenvalue weighted by molar-refractivity contribution is 5.95. The molecule has 0 unspecified atom stereocenters. The molecule has 26 heavy (non-hydrogen) atoms. The number of carbonyl (C=O) groups excluding carboxylic acids is 2. The first kappa shape index (κ1) is 19.0. The molecule has 6 nitrogen and oxygen atoms in total. The van der Waals surface area contributed by atoms with Crippen molar-refractivity contribution in [1.82, 2.24) is 0 Å². The van der Waals surface area contributed by atoms with Crippen molar-refractivity contribution in [2.24, 2.45) is 0 Å². The normalized spacial score (nSPS) is 10.1. The summed E-state index contributed by atoms with van der Waals surface area (Å²) in [5, 5.41) is 11.3. The highest BCUT2D eigenvalue weighted by Gasteiger charge is 2.11. The molecular weight excluding hydrogens is 332 g/mol. The highest BCUT2D eigenvalue weighted by Crippen LogP contribution is 2.14. The maximum atomic E-state index is 12.0. The van der Waals surface area contributed by atoms with Crippen LogP contribution in [0.15, 0.2) is 48.5 Å². The summed E-state index contributed by atoms with van der Waals surface area (Å²) in [5.74, 6) is -0.360. The van der Waals surface area contributed by atoms with Crippen LogP contribution in [0.3, 0.4) is 0 Å². The van der Waals surface area contributed by atoms with Crippen molar-refractivity contribution in [1.29, 1.82) is 5.26 Å². The Kier molecular flexibility index (Phi) is 6.75. The lowest BCUT2D eigenvalue weighted by atomic mass is 10.1. The van der Waals surface area contributed by atoms with E-state index < -0.39 is 11.9 Å². The number of anilines is 1. The molecule has 6 heteroatoms. The Bertz CT molecular complexity index is 790. The quantitative estimate of drug-likeness (QED) is 0.772. The van der Waals surface area contributed by atoms with Crippen molar-refractivity contribution < 1.29 is 19.1 Å². The van der Waals surface area contributed by atoms with Gasteiger partial charge in [-0.3, -0.25) is 4.79 Å². The number of carbonyl (C=O) groups is 2. The fourth-order valence-corrected chi connectivity index (χ4v) is 2.15. The molecule has 1 N–H and O–H groups in total. The van der Waals surface area contributed by atoms with E-state index in [1.54, 1.807) is 48.5 Å². The van der Waals surface area contributed by atoms with Crippen molar-refractivity contribution in [3.63, 3.8) is 0 Å². The van der Waals surface area contributed by atoms with Gasteiger partial charge in [0.25, 0.3) is 5.91 Å². The summed E-state index contributed by atoms with van der Waals surface area (Å²) in [6.07, 6.45) is 0.359. The van der Waals surface area contributed by atoms with E-state index in [1.165, 1.54) is 0 Å². The molecule has 0 bridgehead atoms. The van der Waals surface area contributed by atoms with Crippen molar-refractivity contribution >= 4 is 17.6 Å². The average Bonchev–Trinajstić information content (AvgIpc) is 2.62. The van der Waals surface area contributed by atoms with E-state index in [2.05, 4.69) is 11.4 Å². The standard InChI is InChI=1S/C20H20N2O4/c1-14(2)26-18-9-5-16(6-10-18)20(24)25-13-19(23)22-17-7-3-15(4-8-17)11-12-21/h3-10,14H,11,13H2,1-2H3,(H,22,23). The zero-order valence-corrected chi connectivity index (χ0v) is 14.7. The molecule has 0 spiro atoms. The Balaban J connectivity index is 1.82. The first-order valence-electron chi connectivity index (χ1n) is 8.17. The van der Waals surface area contributed by atoms with E-state index in [9.17, 15) is 9.59 Å². The lowest BCUT2D eigenvalue weighted by Gasteiger charge is -2.10. The number of hydrogen-bond donors (Lipinski definition) is 1. The zero-order chi connectivity index (χ0) is 18.9. The van der Waals surface area contributed by atoms with Gasteiger partial charge in [0.1, 0.15) is 5.75 Å². The minimum Gasteiger partial charge on any atom is -0.491 e. The van der Waals surface area contributed by atoms with Crippen LogP contribution < -0.4 is 10.1 Å². The minimum absolute atomic E-state index is 0.0467. The van der Waals surface area contributed by atoms with Gasteiger partial charge in [0.2, 0.25) is 0 Å². The summed E-state index contributed by atoms with van der Waals surface area (Å²) in [5.41, 5.74) is 1.78. The first-order valence-corrected chi connectivity index (χ1v) is 8.17. The Morgan fingerprint density at radius 2 is 1.73 bits per heavy atom. The van der Waals surface area contributed by atoms with Gasteiger partial charge in [0.05, 0.1) is 24.2 Å². The van der Waals surface area contributed by atoms with Gasteiger partial charge in [-0.25, -0.2) is 4.79 Å². The molecule has 0 aromatic heterocycles. The second-order valence-corrected chi connectivity index (χ2v) is 5.85. The molecule has 0 fully saturated rings. The predicted octanol–water partition coefficient (Wildman–Crippen LogP) is 3.34. The molecule has 0 aliphatic rings. The Hall–Kier alpha value is -3.33. The van der Waals surface area contributed by atoms with Gasteiger partial charge in [0.15, 0.2) is 6.61 Å². The third-order valence-electron chi connectivity index (χ3n) is 3.32. The van der Waals surface area contributed by atoms with Gasteiger partial charge >= 0.3 is 5.97 Å². The minimum atomic E-state index is -0.583. The van der Waals surface area contributed by atoms with Crippen LogP contribution in [0.25, 0.3) is 0 Å². The van der Waals surface area contributed by atoms with Gasteiger partial charge in [-0.2, -0.15) is 5.26 Å². The van der Waals surface area contributed by atoms with Gasteiger partial charge in [-0.15, -0.1) is 0 Å². The topological polar surface area (TPSA) is 88.4 Å². The van der Waals surface area contributed by atoms with Crippen LogP contribution in [0.4, 0.5) is 5.69 Å².